The SMILES string of the molecule is C/N=C1\N=c2\c3ccccc3/c(n2C)=N/C2(C)N/C(=N\c3c4ccccc4c(n3C)/N=C(\C)c3ccccc31)c1ccccc12. The van der Waals surface area contributed by atoms with E-state index >= 15 is 0 Å². The molecule has 8 nitrogen and oxygen atoms in total. The third-order valence-corrected chi connectivity index (χ3v) is 8.96. The second-order valence-corrected chi connectivity index (χ2v) is 11.7. The second kappa shape index (κ2) is 9.95. The first-order chi connectivity index (χ1) is 21.9. The van der Waals surface area contributed by atoms with Gasteiger partial charge >= 0.3 is 0 Å². The fraction of sp³-hybridized carbons (Fsp3) is 0.162. The van der Waals surface area contributed by atoms with E-state index in [1.807, 2.05) is 63.5 Å². The Morgan fingerprint density at radius 3 is 1.87 bits per heavy atom. The number of hydrogen-bond acceptors (Lipinski definition) is 5. The number of nitrogens with zero attached hydrogens (tertiary/aromatic N) is 7. The second-order valence-electron chi connectivity index (χ2n) is 11.7. The molecule has 8 heteroatoms. The summed E-state index contributed by atoms with van der Waals surface area (Å²) in [4.78, 5) is 25.9. The maximum atomic E-state index is 5.45. The molecule has 0 saturated carbocycles. The molecule has 1 unspecified atom stereocenters. The lowest BCUT2D eigenvalue weighted by molar-refractivity contribution is 0.458. The number of hydrogen-bond donors (Lipinski definition) is 1. The molecule has 1 N–H and O–H groups in total. The van der Waals surface area contributed by atoms with E-state index in [2.05, 4.69) is 76.0 Å². The molecule has 0 amide bonds. The number of aromatic nitrogens is 2. The first-order valence-electron chi connectivity index (χ1n) is 15.1. The van der Waals surface area contributed by atoms with Gasteiger partial charge in [-0.05, 0) is 13.8 Å². The van der Waals surface area contributed by atoms with Gasteiger partial charge in [-0.25, -0.2) is 20.0 Å². The quantitative estimate of drug-likeness (QED) is 0.232. The molecule has 45 heavy (non-hydrogen) atoms. The van der Waals surface area contributed by atoms with Crippen LogP contribution >= 0.6 is 0 Å². The molecule has 0 fully saturated rings. The summed E-state index contributed by atoms with van der Waals surface area (Å²) in [6, 6.07) is 33.1. The van der Waals surface area contributed by atoms with E-state index in [0.717, 1.165) is 78.0 Å². The molecular weight excluding hydrogens is 556 g/mol. The van der Waals surface area contributed by atoms with Gasteiger partial charge in [-0.3, -0.25) is 4.99 Å². The third kappa shape index (κ3) is 4.02. The molecule has 6 aromatic rings. The number of benzene rings is 4. The summed E-state index contributed by atoms with van der Waals surface area (Å²) in [5, 5.41) is 7.81. The van der Waals surface area contributed by atoms with Crippen LogP contribution in [0.2, 0.25) is 0 Å². The van der Waals surface area contributed by atoms with E-state index in [1.165, 1.54) is 0 Å². The third-order valence-electron chi connectivity index (χ3n) is 8.96. The Morgan fingerprint density at radius 1 is 0.622 bits per heavy atom. The largest absolute Gasteiger partial charge is 0.342 e. The zero-order chi connectivity index (χ0) is 30.9. The van der Waals surface area contributed by atoms with Gasteiger partial charge in [0.15, 0.2) is 11.5 Å². The van der Waals surface area contributed by atoms with Crippen molar-refractivity contribution in [2.45, 2.75) is 19.5 Å². The van der Waals surface area contributed by atoms with Gasteiger partial charge in [0.05, 0.1) is 0 Å². The van der Waals surface area contributed by atoms with Crippen molar-refractivity contribution in [2.24, 2.45) is 39.1 Å². The van der Waals surface area contributed by atoms with E-state index in [9.17, 15) is 0 Å². The van der Waals surface area contributed by atoms with Gasteiger partial charge in [-0.2, -0.15) is 0 Å². The highest BCUT2D eigenvalue weighted by Gasteiger charge is 2.38. The predicted molar refractivity (Wildman–Crippen MR) is 182 cm³/mol. The van der Waals surface area contributed by atoms with Gasteiger partial charge in [0.1, 0.15) is 28.4 Å². The highest BCUT2D eigenvalue weighted by Crippen LogP contribution is 2.39. The van der Waals surface area contributed by atoms with E-state index in [0.29, 0.717) is 5.84 Å². The predicted octanol–water partition coefficient (Wildman–Crippen LogP) is 5.99. The van der Waals surface area contributed by atoms with Crippen LogP contribution in [0.25, 0.3) is 21.5 Å². The summed E-state index contributed by atoms with van der Waals surface area (Å²) < 4.78 is 4.15. The Bertz CT molecular complexity index is 2420. The van der Waals surface area contributed by atoms with Crippen LogP contribution in [-0.4, -0.2) is 33.6 Å². The van der Waals surface area contributed by atoms with Gasteiger partial charge in [0.25, 0.3) is 0 Å². The minimum Gasteiger partial charge on any atom is -0.342 e. The van der Waals surface area contributed by atoms with Crippen molar-refractivity contribution in [2.75, 3.05) is 7.05 Å². The minimum absolute atomic E-state index is 0.626. The van der Waals surface area contributed by atoms with E-state index in [1.54, 1.807) is 7.05 Å². The van der Waals surface area contributed by atoms with Gasteiger partial charge < -0.3 is 14.5 Å². The van der Waals surface area contributed by atoms with Gasteiger partial charge in [-0.15, -0.1) is 0 Å². The first kappa shape index (κ1) is 27.0. The number of aliphatic imine (C=N–C) groups is 3. The number of fused-ring (bicyclic) bond motifs is 16. The van der Waals surface area contributed by atoms with Crippen LogP contribution in [0.1, 0.15) is 36.1 Å². The van der Waals surface area contributed by atoms with Crippen molar-refractivity contribution in [1.29, 1.82) is 0 Å². The minimum atomic E-state index is -0.775. The Balaban J connectivity index is 1.54. The highest BCUT2D eigenvalue weighted by molar-refractivity contribution is 6.14. The normalized spacial score (nSPS) is 22.2. The van der Waals surface area contributed by atoms with Crippen LogP contribution in [-0.2, 0) is 19.8 Å². The van der Waals surface area contributed by atoms with Crippen LogP contribution in [0.4, 0.5) is 11.6 Å². The molecule has 8 rings (SSSR count). The molecule has 4 aromatic carbocycles. The average molecular weight is 589 g/mol. The molecule has 2 aromatic heterocycles. The van der Waals surface area contributed by atoms with Crippen LogP contribution < -0.4 is 16.3 Å². The summed E-state index contributed by atoms with van der Waals surface area (Å²) in [7, 11) is 5.84. The standard InChI is InChI=1S/C37H32N8/c1-22-23-14-6-7-15-24(23)31(38-3)40-34-27-18-10-11-19-28(27)36(45(34)5)43-37(2)30-21-13-12-20-29(30)32(42-37)41-35-26-17-9-8-16-25(26)33(39-22)44(35)4/h6-21H,1-5H3,(H,41,42)/b38-31-,39-22+,40-34-,43-36-. The Hall–Kier alpha value is -5.63. The molecule has 0 aliphatic carbocycles. The van der Waals surface area contributed by atoms with Crippen LogP contribution in [0.15, 0.2) is 122 Å². The molecule has 220 valence electrons. The lowest BCUT2D eigenvalue weighted by Gasteiger charge is -2.21. The fourth-order valence-corrected chi connectivity index (χ4v) is 6.73. The van der Waals surface area contributed by atoms with E-state index < -0.39 is 5.66 Å². The Morgan fingerprint density at radius 2 is 1.18 bits per heavy atom. The highest BCUT2D eigenvalue weighted by atomic mass is 15.2. The van der Waals surface area contributed by atoms with E-state index in [4.69, 9.17) is 25.0 Å². The molecule has 2 aliphatic heterocycles. The average Bonchev–Trinajstić information content (AvgIpc) is 3.60. The van der Waals surface area contributed by atoms with Crippen molar-refractivity contribution in [3.8, 4) is 0 Å². The maximum Gasteiger partial charge on any atom is 0.157 e. The first-order valence-corrected chi connectivity index (χ1v) is 15.1. The summed E-state index contributed by atoms with van der Waals surface area (Å²) in [6.45, 7) is 4.15. The van der Waals surface area contributed by atoms with Crippen molar-refractivity contribution in [3.05, 3.63) is 130 Å². The van der Waals surface area contributed by atoms with Gasteiger partial charge in [0.2, 0.25) is 0 Å². The molecule has 0 radical (unpaired) electrons. The number of rotatable bonds is 0. The Kier molecular flexibility index (Phi) is 5.96. The molecule has 1 atom stereocenters. The number of nitrogens with one attached hydrogen (secondary N) is 1. The molecular formula is C37H32N8. The van der Waals surface area contributed by atoms with Gasteiger partial charge in [0, 0.05) is 70.7 Å². The van der Waals surface area contributed by atoms with Crippen molar-refractivity contribution in [1.82, 2.24) is 14.5 Å². The molecule has 6 bridgehead atoms. The number of amidine groups is 2. The molecule has 0 spiro atoms. The monoisotopic (exact) mass is 588 g/mol. The van der Waals surface area contributed by atoms with Crippen molar-refractivity contribution in [3.63, 3.8) is 0 Å². The lowest BCUT2D eigenvalue weighted by Crippen LogP contribution is -2.38. The zero-order valence-electron chi connectivity index (χ0n) is 25.9. The van der Waals surface area contributed by atoms with Gasteiger partial charge in [-0.1, -0.05) is 97.1 Å². The Labute approximate surface area is 260 Å². The van der Waals surface area contributed by atoms with Crippen molar-refractivity contribution < 1.29 is 0 Å². The summed E-state index contributed by atoms with van der Waals surface area (Å²) in [6.07, 6.45) is 0. The van der Waals surface area contributed by atoms with E-state index in [-0.39, 0.29) is 0 Å². The lowest BCUT2D eigenvalue weighted by atomic mass is 10.0. The summed E-state index contributed by atoms with van der Waals surface area (Å²) in [5.41, 5.74) is 5.67. The maximum absolute atomic E-state index is 5.45. The summed E-state index contributed by atoms with van der Waals surface area (Å²) >= 11 is 0. The van der Waals surface area contributed by atoms with Crippen molar-refractivity contribution >= 4 is 50.6 Å². The molecule has 2 aliphatic rings. The summed E-state index contributed by atoms with van der Waals surface area (Å²) in [5.74, 6) is 3.06. The molecule has 0 saturated heterocycles. The topological polar surface area (TPSA) is 83.7 Å². The fourth-order valence-electron chi connectivity index (χ4n) is 6.73. The van der Waals surface area contributed by atoms with Crippen LogP contribution in [0.3, 0.4) is 0 Å². The smallest absolute Gasteiger partial charge is 0.157 e. The van der Waals surface area contributed by atoms with Crippen LogP contribution in [0, 0.1) is 0 Å². The zero-order valence-corrected chi connectivity index (χ0v) is 25.9. The molecule has 4 heterocycles. The van der Waals surface area contributed by atoms with Crippen LogP contribution in [0.5, 0.6) is 0 Å².